The van der Waals surface area contributed by atoms with Gasteiger partial charge in [0.2, 0.25) is 0 Å². The Kier molecular flexibility index (Phi) is 4.26. The van der Waals surface area contributed by atoms with Crippen molar-refractivity contribution in [3.63, 3.8) is 0 Å². The average molecular weight is 245 g/mol. The Morgan fingerprint density at radius 3 is 3.06 bits per heavy atom. The Morgan fingerprint density at radius 1 is 1.56 bits per heavy atom. The van der Waals surface area contributed by atoms with Gasteiger partial charge in [-0.2, -0.15) is 5.26 Å². The maximum Gasteiger partial charge on any atom is 0.254 e. The summed E-state index contributed by atoms with van der Waals surface area (Å²) < 4.78 is 5.26. The van der Waals surface area contributed by atoms with Gasteiger partial charge in [0.05, 0.1) is 11.1 Å². The smallest absolute Gasteiger partial charge is 0.254 e. The first-order valence-electron chi connectivity index (χ1n) is 6.01. The van der Waals surface area contributed by atoms with Crippen molar-refractivity contribution in [2.75, 3.05) is 19.8 Å². The number of carbonyl (C=O) groups excluding carboxylic acids is 1. The molecule has 5 nitrogen and oxygen atoms in total. The van der Waals surface area contributed by atoms with Crippen LogP contribution in [0.4, 0.5) is 0 Å². The molecule has 0 bridgehead atoms. The number of amides is 1. The van der Waals surface area contributed by atoms with E-state index >= 15 is 0 Å². The highest BCUT2D eigenvalue weighted by Crippen LogP contribution is 2.13. The van der Waals surface area contributed by atoms with Gasteiger partial charge < -0.3 is 10.1 Å². The summed E-state index contributed by atoms with van der Waals surface area (Å²) in [7, 11) is 0. The molecule has 0 aliphatic carbocycles. The second-order valence-electron chi connectivity index (χ2n) is 4.30. The first kappa shape index (κ1) is 12.5. The largest absolute Gasteiger partial charge is 0.381 e. The van der Waals surface area contributed by atoms with Crippen molar-refractivity contribution in [1.82, 2.24) is 10.3 Å². The maximum absolute atomic E-state index is 11.9. The average Bonchev–Trinajstić information content (AvgIpc) is 2.45. The molecule has 1 aromatic heterocycles. The van der Waals surface area contributed by atoms with Gasteiger partial charge >= 0.3 is 0 Å². The number of pyridine rings is 1. The van der Waals surface area contributed by atoms with Crippen molar-refractivity contribution in [3.8, 4) is 6.07 Å². The summed E-state index contributed by atoms with van der Waals surface area (Å²) in [6, 6.07) is 3.54. The van der Waals surface area contributed by atoms with E-state index in [1.807, 2.05) is 6.07 Å². The predicted octanol–water partition coefficient (Wildman–Crippen LogP) is 1.11. The molecule has 1 aliphatic heterocycles. The SMILES string of the molecule is N#Cc1ccncc1C(=O)NCC1CCOCC1. The third kappa shape index (κ3) is 3.05. The third-order valence-corrected chi connectivity index (χ3v) is 3.08. The molecule has 18 heavy (non-hydrogen) atoms. The standard InChI is InChI=1S/C13H15N3O2/c14-7-11-1-4-15-9-12(11)13(17)16-8-10-2-5-18-6-3-10/h1,4,9-10H,2-3,5-6,8H2,(H,16,17). The first-order chi connectivity index (χ1) is 8.81. The van der Waals surface area contributed by atoms with Crippen LogP contribution >= 0.6 is 0 Å². The fourth-order valence-electron chi connectivity index (χ4n) is 1.96. The normalized spacial score (nSPS) is 15.9. The molecule has 1 fully saturated rings. The lowest BCUT2D eigenvalue weighted by Crippen LogP contribution is -2.32. The summed E-state index contributed by atoms with van der Waals surface area (Å²) in [5, 5.41) is 11.8. The van der Waals surface area contributed by atoms with E-state index in [0.29, 0.717) is 23.6 Å². The van der Waals surface area contributed by atoms with Crippen LogP contribution in [-0.4, -0.2) is 30.6 Å². The summed E-state index contributed by atoms with van der Waals surface area (Å²) in [6.07, 6.45) is 4.88. The fourth-order valence-corrected chi connectivity index (χ4v) is 1.96. The highest BCUT2D eigenvalue weighted by Gasteiger charge is 2.16. The van der Waals surface area contributed by atoms with Gasteiger partial charge in [-0.05, 0) is 24.8 Å². The highest BCUT2D eigenvalue weighted by atomic mass is 16.5. The lowest BCUT2D eigenvalue weighted by atomic mass is 10.0. The van der Waals surface area contributed by atoms with Crippen LogP contribution in [0.25, 0.3) is 0 Å². The van der Waals surface area contributed by atoms with Crippen LogP contribution in [0.15, 0.2) is 18.5 Å². The van der Waals surface area contributed by atoms with Crippen molar-refractivity contribution >= 4 is 5.91 Å². The zero-order chi connectivity index (χ0) is 12.8. The first-order valence-corrected chi connectivity index (χ1v) is 6.01. The number of nitrogens with one attached hydrogen (secondary N) is 1. The second kappa shape index (κ2) is 6.12. The number of aromatic nitrogens is 1. The van der Waals surface area contributed by atoms with E-state index in [1.54, 1.807) is 6.07 Å². The minimum Gasteiger partial charge on any atom is -0.381 e. The van der Waals surface area contributed by atoms with E-state index in [4.69, 9.17) is 10.00 Å². The summed E-state index contributed by atoms with van der Waals surface area (Å²) >= 11 is 0. The van der Waals surface area contributed by atoms with E-state index in [0.717, 1.165) is 26.1 Å². The van der Waals surface area contributed by atoms with Crippen LogP contribution in [-0.2, 0) is 4.74 Å². The van der Waals surface area contributed by atoms with Gasteiger partial charge in [-0.25, -0.2) is 0 Å². The second-order valence-corrected chi connectivity index (χ2v) is 4.30. The molecule has 1 aliphatic rings. The van der Waals surface area contributed by atoms with Gasteiger partial charge in [0.1, 0.15) is 6.07 Å². The molecule has 2 heterocycles. The molecule has 94 valence electrons. The van der Waals surface area contributed by atoms with Gasteiger partial charge in [-0.1, -0.05) is 0 Å². The van der Waals surface area contributed by atoms with E-state index in [-0.39, 0.29) is 5.91 Å². The summed E-state index contributed by atoms with van der Waals surface area (Å²) in [5.74, 6) is 0.232. The Morgan fingerprint density at radius 2 is 2.33 bits per heavy atom. The highest BCUT2D eigenvalue weighted by molar-refractivity contribution is 5.96. The molecular formula is C13H15N3O2. The van der Waals surface area contributed by atoms with Gasteiger partial charge in [0.25, 0.3) is 5.91 Å². The zero-order valence-electron chi connectivity index (χ0n) is 10.1. The van der Waals surface area contributed by atoms with Crippen LogP contribution < -0.4 is 5.32 Å². The van der Waals surface area contributed by atoms with E-state index in [2.05, 4.69) is 10.3 Å². The molecular weight excluding hydrogens is 230 g/mol. The molecule has 1 amide bonds. The van der Waals surface area contributed by atoms with Crippen LogP contribution in [0.5, 0.6) is 0 Å². The van der Waals surface area contributed by atoms with Crippen molar-refractivity contribution < 1.29 is 9.53 Å². The quantitative estimate of drug-likeness (QED) is 0.865. The molecule has 1 saturated heterocycles. The van der Waals surface area contributed by atoms with Gasteiger partial charge in [0, 0.05) is 32.2 Å². The number of ether oxygens (including phenoxy) is 1. The molecule has 0 atom stereocenters. The molecule has 1 N–H and O–H groups in total. The fraction of sp³-hybridized carbons (Fsp3) is 0.462. The molecule has 0 saturated carbocycles. The summed E-state index contributed by atoms with van der Waals surface area (Å²) in [6.45, 7) is 2.15. The molecule has 0 radical (unpaired) electrons. The molecule has 5 heteroatoms. The minimum atomic E-state index is -0.230. The zero-order valence-corrected chi connectivity index (χ0v) is 10.1. The summed E-state index contributed by atoms with van der Waals surface area (Å²) in [5.41, 5.74) is 0.696. The number of carbonyl (C=O) groups is 1. The molecule has 2 rings (SSSR count). The van der Waals surface area contributed by atoms with Crippen LogP contribution in [0, 0.1) is 17.2 Å². The summed E-state index contributed by atoms with van der Waals surface area (Å²) in [4.78, 5) is 15.8. The minimum absolute atomic E-state index is 0.230. The molecule has 1 aromatic rings. The van der Waals surface area contributed by atoms with Crippen LogP contribution in [0.3, 0.4) is 0 Å². The number of hydrogen-bond acceptors (Lipinski definition) is 4. The molecule has 0 unspecified atom stereocenters. The van der Waals surface area contributed by atoms with Crippen molar-refractivity contribution in [2.24, 2.45) is 5.92 Å². The number of nitriles is 1. The van der Waals surface area contributed by atoms with Crippen molar-refractivity contribution in [2.45, 2.75) is 12.8 Å². The Balaban J connectivity index is 1.93. The topological polar surface area (TPSA) is 75.0 Å². The van der Waals surface area contributed by atoms with E-state index < -0.39 is 0 Å². The van der Waals surface area contributed by atoms with E-state index in [1.165, 1.54) is 12.4 Å². The predicted molar refractivity (Wildman–Crippen MR) is 64.8 cm³/mol. The monoisotopic (exact) mass is 245 g/mol. The number of hydrogen-bond donors (Lipinski definition) is 1. The number of nitrogens with zero attached hydrogens (tertiary/aromatic N) is 2. The number of rotatable bonds is 3. The maximum atomic E-state index is 11.9. The van der Waals surface area contributed by atoms with Crippen molar-refractivity contribution in [1.29, 1.82) is 5.26 Å². The van der Waals surface area contributed by atoms with Gasteiger partial charge in [-0.15, -0.1) is 0 Å². The molecule has 0 spiro atoms. The lowest BCUT2D eigenvalue weighted by molar-refractivity contribution is 0.0642. The van der Waals surface area contributed by atoms with Gasteiger partial charge in [-0.3, -0.25) is 9.78 Å². The molecule has 0 aromatic carbocycles. The third-order valence-electron chi connectivity index (χ3n) is 3.08. The van der Waals surface area contributed by atoms with Crippen LogP contribution in [0.1, 0.15) is 28.8 Å². The van der Waals surface area contributed by atoms with E-state index in [9.17, 15) is 4.79 Å². The Bertz CT molecular complexity index is 462. The Hall–Kier alpha value is -1.93. The van der Waals surface area contributed by atoms with Crippen LogP contribution in [0.2, 0.25) is 0 Å². The lowest BCUT2D eigenvalue weighted by Gasteiger charge is -2.22. The van der Waals surface area contributed by atoms with Crippen molar-refractivity contribution in [3.05, 3.63) is 29.6 Å². The Labute approximate surface area is 106 Å². The van der Waals surface area contributed by atoms with Gasteiger partial charge in [0.15, 0.2) is 0 Å².